The van der Waals surface area contributed by atoms with Crippen molar-refractivity contribution in [2.24, 2.45) is 0 Å². The number of nitrogens with zero attached hydrogens (tertiary/aromatic N) is 2. The van der Waals surface area contributed by atoms with Gasteiger partial charge in [-0.15, -0.1) is 0 Å². The first-order valence-electron chi connectivity index (χ1n) is 8.73. The average molecular weight is 399 g/mol. The van der Waals surface area contributed by atoms with Crippen LogP contribution in [0.2, 0.25) is 5.15 Å². The maximum atomic E-state index is 12.5. The quantitative estimate of drug-likeness (QED) is 0.525. The number of pyridine rings is 1. The second-order valence-corrected chi connectivity index (χ2v) is 6.54. The van der Waals surface area contributed by atoms with Gasteiger partial charge in [0.1, 0.15) is 5.15 Å². The van der Waals surface area contributed by atoms with Crippen molar-refractivity contribution in [1.29, 1.82) is 0 Å². The molecule has 7 heteroatoms. The highest BCUT2D eigenvalue weighted by Crippen LogP contribution is 2.26. The zero-order valence-corrected chi connectivity index (χ0v) is 15.8. The maximum Gasteiger partial charge on any atom is 0.290 e. The van der Waals surface area contributed by atoms with Crippen molar-refractivity contribution in [3.05, 3.63) is 65.4 Å². The van der Waals surface area contributed by atoms with Crippen LogP contribution in [0.15, 0.2) is 54.7 Å². The molecule has 0 radical (unpaired) electrons. The van der Waals surface area contributed by atoms with Gasteiger partial charge in [-0.1, -0.05) is 35.9 Å². The lowest BCUT2D eigenvalue weighted by atomic mass is 10.0. The summed E-state index contributed by atoms with van der Waals surface area (Å²) in [4.78, 5) is 26.8. The number of fused-ring (bicyclic) bond motifs is 1. The Hall–Kier alpha value is -2.96. The van der Waals surface area contributed by atoms with Crippen LogP contribution in [-0.4, -0.2) is 53.7 Å². The fraction of sp³-hybridized carbons (Fsp3) is 0.190. The summed E-state index contributed by atoms with van der Waals surface area (Å²) in [7, 11) is 0. The molecule has 3 aromatic rings. The van der Waals surface area contributed by atoms with E-state index in [0.29, 0.717) is 37.0 Å². The molecule has 6 nitrogen and oxygen atoms in total. The van der Waals surface area contributed by atoms with E-state index in [0.717, 1.165) is 21.9 Å². The molecule has 144 valence electrons. The van der Waals surface area contributed by atoms with Crippen molar-refractivity contribution >= 4 is 34.8 Å². The first-order valence-corrected chi connectivity index (χ1v) is 9.11. The molecule has 28 heavy (non-hydrogen) atoms. The number of amides is 1. The smallest absolute Gasteiger partial charge is 0.290 e. The molecule has 1 aromatic heterocycles. The summed E-state index contributed by atoms with van der Waals surface area (Å²) in [5, 5.41) is 9.47. The molecule has 0 saturated carbocycles. The lowest BCUT2D eigenvalue weighted by Crippen LogP contribution is -2.40. The van der Waals surface area contributed by atoms with E-state index in [1.165, 1.54) is 0 Å². The summed E-state index contributed by atoms with van der Waals surface area (Å²) in [5.74, 6) is 0.0613. The zero-order valence-electron chi connectivity index (χ0n) is 15.0. The van der Waals surface area contributed by atoms with Gasteiger partial charge in [0.25, 0.3) is 12.4 Å². The lowest BCUT2D eigenvalue weighted by molar-refractivity contribution is -0.122. The molecule has 4 rings (SSSR count). The summed E-state index contributed by atoms with van der Waals surface area (Å²) in [6.07, 6.45) is 1.77. The van der Waals surface area contributed by atoms with E-state index in [9.17, 15) is 4.79 Å². The summed E-state index contributed by atoms with van der Waals surface area (Å²) in [6, 6.07) is 15.8. The second-order valence-electron chi connectivity index (χ2n) is 6.16. The van der Waals surface area contributed by atoms with Crippen LogP contribution in [0.25, 0.3) is 21.9 Å². The molecule has 0 atom stereocenters. The monoisotopic (exact) mass is 398 g/mol. The fourth-order valence-electron chi connectivity index (χ4n) is 3.05. The standard InChI is InChI=1S/C20H17ClN2O2.CH2O2/c21-19-12-18-11-16(5-6-17(18)13-22-19)14-1-3-15(4-2-14)20(24)23-7-9-25-10-8-23;2-1-3/h1-6,11-13H,7-10H2;1H,(H,2,3). The van der Waals surface area contributed by atoms with Crippen LogP contribution in [0.3, 0.4) is 0 Å². The molecule has 0 aliphatic carbocycles. The van der Waals surface area contributed by atoms with E-state index in [-0.39, 0.29) is 12.4 Å². The normalized spacial score (nSPS) is 13.5. The Labute approximate surface area is 167 Å². The molecule has 1 amide bonds. The van der Waals surface area contributed by atoms with Crippen molar-refractivity contribution in [1.82, 2.24) is 9.88 Å². The molecule has 1 aliphatic heterocycles. The van der Waals surface area contributed by atoms with Crippen LogP contribution < -0.4 is 0 Å². The maximum absolute atomic E-state index is 12.5. The number of aromatic nitrogens is 1. The Kier molecular flexibility index (Phi) is 6.57. The number of carbonyl (C=O) groups is 2. The zero-order chi connectivity index (χ0) is 19.9. The highest BCUT2D eigenvalue weighted by Gasteiger charge is 2.18. The molecule has 2 heterocycles. The van der Waals surface area contributed by atoms with E-state index in [4.69, 9.17) is 26.2 Å². The molecular weight excluding hydrogens is 380 g/mol. The molecule has 0 spiro atoms. The minimum absolute atomic E-state index is 0.0613. The largest absolute Gasteiger partial charge is 0.483 e. The van der Waals surface area contributed by atoms with E-state index >= 15 is 0 Å². The minimum Gasteiger partial charge on any atom is -0.483 e. The number of morpholine rings is 1. The van der Waals surface area contributed by atoms with Crippen LogP contribution in [0.5, 0.6) is 0 Å². The molecule has 1 aliphatic rings. The number of ether oxygens (including phenoxy) is 1. The third kappa shape index (κ3) is 4.65. The first-order chi connectivity index (χ1) is 13.6. The van der Waals surface area contributed by atoms with E-state index in [2.05, 4.69) is 17.1 Å². The fourth-order valence-corrected chi connectivity index (χ4v) is 3.21. The third-order valence-corrected chi connectivity index (χ3v) is 4.66. The third-order valence-electron chi connectivity index (χ3n) is 4.45. The van der Waals surface area contributed by atoms with Gasteiger partial charge in [-0.25, -0.2) is 4.98 Å². The Balaban J connectivity index is 0.000000706. The number of benzene rings is 2. The van der Waals surface area contributed by atoms with Gasteiger partial charge < -0.3 is 14.7 Å². The summed E-state index contributed by atoms with van der Waals surface area (Å²) in [5.41, 5.74) is 2.85. The topological polar surface area (TPSA) is 79.7 Å². The number of carboxylic acid groups (broad SMARTS) is 1. The van der Waals surface area contributed by atoms with Gasteiger partial charge >= 0.3 is 0 Å². The molecule has 1 fully saturated rings. The first kappa shape index (κ1) is 19.8. The number of carbonyl (C=O) groups excluding carboxylic acids is 1. The Bertz CT molecular complexity index is 970. The second kappa shape index (κ2) is 9.30. The van der Waals surface area contributed by atoms with Crippen molar-refractivity contribution < 1.29 is 19.4 Å². The number of halogens is 1. The van der Waals surface area contributed by atoms with Gasteiger partial charge in [-0.3, -0.25) is 9.59 Å². The molecule has 0 unspecified atom stereocenters. The minimum atomic E-state index is -0.250. The summed E-state index contributed by atoms with van der Waals surface area (Å²) >= 11 is 5.98. The Morgan fingerprint density at radius 2 is 1.68 bits per heavy atom. The van der Waals surface area contributed by atoms with Crippen LogP contribution >= 0.6 is 11.6 Å². The number of hydrogen-bond donors (Lipinski definition) is 1. The molecule has 1 N–H and O–H groups in total. The summed E-state index contributed by atoms with van der Waals surface area (Å²) < 4.78 is 5.30. The van der Waals surface area contributed by atoms with Crippen molar-refractivity contribution in [2.75, 3.05) is 26.3 Å². The highest BCUT2D eigenvalue weighted by molar-refractivity contribution is 6.30. The number of rotatable bonds is 2. The van der Waals surface area contributed by atoms with E-state index in [1.807, 2.05) is 41.3 Å². The van der Waals surface area contributed by atoms with Gasteiger partial charge in [-0.05, 0) is 40.8 Å². The van der Waals surface area contributed by atoms with Crippen LogP contribution in [-0.2, 0) is 9.53 Å². The highest BCUT2D eigenvalue weighted by atomic mass is 35.5. The van der Waals surface area contributed by atoms with Crippen LogP contribution in [0.1, 0.15) is 10.4 Å². The lowest BCUT2D eigenvalue weighted by Gasteiger charge is -2.26. The van der Waals surface area contributed by atoms with Gasteiger partial charge in [0.05, 0.1) is 13.2 Å². The summed E-state index contributed by atoms with van der Waals surface area (Å²) in [6.45, 7) is 2.27. The van der Waals surface area contributed by atoms with Crippen molar-refractivity contribution in [3.63, 3.8) is 0 Å². The molecule has 1 saturated heterocycles. The Morgan fingerprint density at radius 1 is 1.04 bits per heavy atom. The van der Waals surface area contributed by atoms with E-state index < -0.39 is 0 Å². The Morgan fingerprint density at radius 3 is 2.36 bits per heavy atom. The predicted octanol–water partition coefficient (Wildman–Crippen LogP) is 3.73. The van der Waals surface area contributed by atoms with Crippen LogP contribution in [0, 0.1) is 0 Å². The van der Waals surface area contributed by atoms with Crippen molar-refractivity contribution in [3.8, 4) is 11.1 Å². The molecule has 0 bridgehead atoms. The van der Waals surface area contributed by atoms with Crippen LogP contribution in [0.4, 0.5) is 0 Å². The van der Waals surface area contributed by atoms with Gasteiger partial charge in [-0.2, -0.15) is 0 Å². The van der Waals surface area contributed by atoms with Gasteiger partial charge in [0.2, 0.25) is 0 Å². The molecule has 2 aromatic carbocycles. The van der Waals surface area contributed by atoms with Crippen molar-refractivity contribution in [2.45, 2.75) is 0 Å². The predicted molar refractivity (Wildman–Crippen MR) is 108 cm³/mol. The van der Waals surface area contributed by atoms with Gasteiger partial charge in [0, 0.05) is 30.2 Å². The van der Waals surface area contributed by atoms with Gasteiger partial charge in [0.15, 0.2) is 0 Å². The van der Waals surface area contributed by atoms with E-state index in [1.54, 1.807) is 6.20 Å². The average Bonchev–Trinajstić information content (AvgIpc) is 2.74. The number of hydrogen-bond acceptors (Lipinski definition) is 4. The molecular formula is C21H19ClN2O4. The SMILES string of the molecule is O=C(c1ccc(-c2ccc3cnc(Cl)cc3c2)cc1)N1CCOCC1.O=CO.